The topological polar surface area (TPSA) is 33.1 Å². The highest BCUT2D eigenvalue weighted by Crippen LogP contribution is 2.17. The first-order valence-corrected chi connectivity index (χ1v) is 4.07. The number of halogens is 1. The molecule has 0 bridgehead atoms. The number of hydrogen-bond donors (Lipinski definition) is 1. The molecule has 1 unspecified atom stereocenters. The van der Waals surface area contributed by atoms with E-state index in [-0.39, 0.29) is 0 Å². The van der Waals surface area contributed by atoms with Gasteiger partial charge in [0.2, 0.25) is 0 Å². The van der Waals surface area contributed by atoms with E-state index in [0.717, 1.165) is 9.13 Å². The number of aliphatic hydroxyl groups is 1. The molecule has 1 aromatic heterocycles. The molecule has 1 N–H and O–H groups in total. The van der Waals surface area contributed by atoms with E-state index in [9.17, 15) is 5.11 Å². The summed E-state index contributed by atoms with van der Waals surface area (Å²) in [5, 5.41) is 9.17. The van der Waals surface area contributed by atoms with Crippen molar-refractivity contribution < 1.29 is 5.11 Å². The molecular weight excluding hydrogens is 241 g/mol. The average Bonchev–Trinajstić information content (AvgIpc) is 1.88. The SMILES string of the molecule is CC(O)c1ccncc1I. The van der Waals surface area contributed by atoms with Gasteiger partial charge in [-0.25, -0.2) is 0 Å². The predicted molar refractivity (Wildman–Crippen MR) is 47.6 cm³/mol. The summed E-state index contributed by atoms with van der Waals surface area (Å²) in [7, 11) is 0. The average molecular weight is 249 g/mol. The van der Waals surface area contributed by atoms with E-state index in [1.807, 2.05) is 6.07 Å². The Morgan fingerprint density at radius 3 is 2.80 bits per heavy atom. The van der Waals surface area contributed by atoms with Crippen LogP contribution in [0.1, 0.15) is 18.6 Å². The van der Waals surface area contributed by atoms with Crippen LogP contribution in [0.15, 0.2) is 18.5 Å². The maximum absolute atomic E-state index is 9.17. The minimum Gasteiger partial charge on any atom is -0.389 e. The Morgan fingerprint density at radius 1 is 1.70 bits per heavy atom. The lowest BCUT2D eigenvalue weighted by atomic mass is 10.2. The summed E-state index contributed by atoms with van der Waals surface area (Å²) >= 11 is 2.15. The minimum atomic E-state index is -0.394. The maximum atomic E-state index is 9.17. The lowest BCUT2D eigenvalue weighted by Gasteiger charge is -2.04. The van der Waals surface area contributed by atoms with Gasteiger partial charge in [-0.15, -0.1) is 0 Å². The highest BCUT2D eigenvalue weighted by Gasteiger charge is 2.03. The third-order valence-corrected chi connectivity index (χ3v) is 2.16. The third-order valence-electron chi connectivity index (χ3n) is 1.25. The largest absolute Gasteiger partial charge is 0.389 e. The molecule has 2 nitrogen and oxygen atoms in total. The molecule has 0 aliphatic rings. The van der Waals surface area contributed by atoms with E-state index in [1.54, 1.807) is 19.3 Å². The van der Waals surface area contributed by atoms with Crippen LogP contribution in [0.5, 0.6) is 0 Å². The number of aliphatic hydroxyl groups excluding tert-OH is 1. The molecule has 0 amide bonds. The number of aromatic nitrogens is 1. The Balaban J connectivity index is 3.03. The molecule has 0 fully saturated rings. The van der Waals surface area contributed by atoms with E-state index in [1.165, 1.54) is 0 Å². The molecule has 1 aromatic rings. The van der Waals surface area contributed by atoms with Gasteiger partial charge in [-0.05, 0) is 41.1 Å². The molecule has 0 spiro atoms. The fraction of sp³-hybridized carbons (Fsp3) is 0.286. The fourth-order valence-corrected chi connectivity index (χ4v) is 1.52. The monoisotopic (exact) mass is 249 g/mol. The summed E-state index contributed by atoms with van der Waals surface area (Å²) in [6.45, 7) is 1.75. The third kappa shape index (κ3) is 1.67. The standard InChI is InChI=1S/C7H8INO/c1-5(10)6-2-3-9-4-7(6)8/h2-5,10H,1H3. The number of pyridine rings is 1. The molecule has 0 radical (unpaired) electrons. The minimum absolute atomic E-state index is 0.394. The summed E-state index contributed by atoms with van der Waals surface area (Å²) in [6, 6.07) is 1.83. The molecule has 1 atom stereocenters. The first-order valence-electron chi connectivity index (χ1n) is 2.99. The van der Waals surface area contributed by atoms with Crippen molar-refractivity contribution >= 4 is 22.6 Å². The van der Waals surface area contributed by atoms with Gasteiger partial charge in [-0.3, -0.25) is 4.98 Å². The van der Waals surface area contributed by atoms with Gasteiger partial charge in [0.1, 0.15) is 0 Å². The molecular formula is C7H8INO. The summed E-state index contributed by atoms with van der Waals surface area (Å²) in [4.78, 5) is 3.91. The van der Waals surface area contributed by atoms with Crippen LogP contribution in [0, 0.1) is 3.57 Å². The Labute approximate surface area is 73.4 Å². The van der Waals surface area contributed by atoms with Gasteiger partial charge >= 0.3 is 0 Å². The molecule has 1 heterocycles. The van der Waals surface area contributed by atoms with Crippen molar-refractivity contribution in [3.63, 3.8) is 0 Å². The van der Waals surface area contributed by atoms with Gasteiger partial charge in [-0.2, -0.15) is 0 Å². The summed E-state index contributed by atoms with van der Waals surface area (Å²) < 4.78 is 1.01. The van der Waals surface area contributed by atoms with E-state index in [2.05, 4.69) is 27.6 Å². The highest BCUT2D eigenvalue weighted by atomic mass is 127. The van der Waals surface area contributed by atoms with E-state index >= 15 is 0 Å². The van der Waals surface area contributed by atoms with Gasteiger partial charge in [0, 0.05) is 16.0 Å². The van der Waals surface area contributed by atoms with Crippen LogP contribution < -0.4 is 0 Å². The Kier molecular flexibility index (Phi) is 2.62. The Morgan fingerprint density at radius 2 is 2.40 bits per heavy atom. The van der Waals surface area contributed by atoms with Crippen molar-refractivity contribution in [1.82, 2.24) is 4.98 Å². The lowest BCUT2D eigenvalue weighted by molar-refractivity contribution is 0.198. The molecule has 1 rings (SSSR count). The Bertz CT molecular complexity index is 225. The lowest BCUT2D eigenvalue weighted by Crippen LogP contribution is -1.94. The zero-order valence-corrected chi connectivity index (χ0v) is 7.74. The smallest absolute Gasteiger partial charge is 0.0773 e. The maximum Gasteiger partial charge on any atom is 0.0773 e. The quantitative estimate of drug-likeness (QED) is 0.769. The van der Waals surface area contributed by atoms with Crippen molar-refractivity contribution in [2.75, 3.05) is 0 Å². The summed E-state index contributed by atoms with van der Waals surface area (Å²) in [6.07, 6.45) is 3.03. The zero-order chi connectivity index (χ0) is 7.56. The van der Waals surface area contributed by atoms with Crippen LogP contribution in [-0.4, -0.2) is 10.1 Å². The molecule has 0 saturated carbocycles. The summed E-state index contributed by atoms with van der Waals surface area (Å²) in [5.41, 5.74) is 0.940. The van der Waals surface area contributed by atoms with Gasteiger partial charge in [0.25, 0.3) is 0 Å². The van der Waals surface area contributed by atoms with Crippen molar-refractivity contribution in [1.29, 1.82) is 0 Å². The second kappa shape index (κ2) is 3.30. The molecule has 10 heavy (non-hydrogen) atoms. The molecule has 0 saturated heterocycles. The van der Waals surface area contributed by atoms with Gasteiger partial charge in [0.05, 0.1) is 6.10 Å². The molecule has 0 aliphatic heterocycles. The van der Waals surface area contributed by atoms with E-state index in [4.69, 9.17) is 0 Å². The molecule has 0 aromatic carbocycles. The predicted octanol–water partition coefficient (Wildman–Crippen LogP) is 1.74. The van der Waals surface area contributed by atoms with Crippen LogP contribution in [0.25, 0.3) is 0 Å². The van der Waals surface area contributed by atoms with Crippen molar-refractivity contribution in [3.05, 3.63) is 27.6 Å². The fourth-order valence-electron chi connectivity index (χ4n) is 0.725. The first kappa shape index (κ1) is 7.94. The van der Waals surface area contributed by atoms with Gasteiger partial charge < -0.3 is 5.11 Å². The van der Waals surface area contributed by atoms with Crippen LogP contribution in [0.2, 0.25) is 0 Å². The summed E-state index contributed by atoms with van der Waals surface area (Å²) in [5.74, 6) is 0. The van der Waals surface area contributed by atoms with Crippen molar-refractivity contribution in [3.8, 4) is 0 Å². The van der Waals surface area contributed by atoms with Gasteiger partial charge in [-0.1, -0.05) is 0 Å². The van der Waals surface area contributed by atoms with Crippen LogP contribution in [-0.2, 0) is 0 Å². The van der Waals surface area contributed by atoms with Crippen LogP contribution in [0.4, 0.5) is 0 Å². The number of hydrogen-bond acceptors (Lipinski definition) is 2. The Hall–Kier alpha value is -0.160. The van der Waals surface area contributed by atoms with E-state index in [0.29, 0.717) is 0 Å². The van der Waals surface area contributed by atoms with Crippen molar-refractivity contribution in [2.45, 2.75) is 13.0 Å². The van der Waals surface area contributed by atoms with Crippen LogP contribution >= 0.6 is 22.6 Å². The molecule has 54 valence electrons. The van der Waals surface area contributed by atoms with Crippen molar-refractivity contribution in [2.24, 2.45) is 0 Å². The molecule has 0 aliphatic carbocycles. The first-order chi connectivity index (χ1) is 4.72. The molecule has 3 heteroatoms. The van der Waals surface area contributed by atoms with Crippen LogP contribution in [0.3, 0.4) is 0 Å². The highest BCUT2D eigenvalue weighted by molar-refractivity contribution is 14.1. The normalized spacial score (nSPS) is 13.1. The number of rotatable bonds is 1. The van der Waals surface area contributed by atoms with E-state index < -0.39 is 6.10 Å². The second-order valence-corrected chi connectivity index (χ2v) is 3.24. The zero-order valence-electron chi connectivity index (χ0n) is 5.58. The van der Waals surface area contributed by atoms with Gasteiger partial charge in [0.15, 0.2) is 0 Å². The number of nitrogens with zero attached hydrogens (tertiary/aromatic N) is 1. The second-order valence-electron chi connectivity index (χ2n) is 2.07.